The summed E-state index contributed by atoms with van der Waals surface area (Å²) in [4.78, 5) is 0. The van der Waals surface area contributed by atoms with E-state index in [4.69, 9.17) is 1.37 Å². The molecular weight excluding hydrogens is 164 g/mol. The van der Waals surface area contributed by atoms with E-state index in [0.717, 1.165) is 10.9 Å². The van der Waals surface area contributed by atoms with Gasteiger partial charge in [0.2, 0.25) is 0 Å². The van der Waals surface area contributed by atoms with E-state index in [-0.39, 0.29) is 0 Å². The molecule has 0 atom stereocenters. The average molecular weight is 173 g/mol. The van der Waals surface area contributed by atoms with Crippen LogP contribution in [0.2, 0.25) is 0 Å². The van der Waals surface area contributed by atoms with Crippen LogP contribution in [0.5, 0.6) is 0 Å². The minimum Gasteiger partial charge on any atom is -0.0876 e. The lowest BCUT2D eigenvalue weighted by atomic mass is 10.2. The van der Waals surface area contributed by atoms with Crippen molar-refractivity contribution in [1.82, 2.24) is 0 Å². The first-order chi connectivity index (χ1) is 4.33. The second-order valence-electron chi connectivity index (χ2n) is 1.55. The summed E-state index contributed by atoms with van der Waals surface area (Å²) in [6.45, 7) is 0. The zero-order valence-corrected chi connectivity index (χ0v) is 5.98. The Kier molecular flexibility index (Phi) is 1.64. The van der Waals surface area contributed by atoms with Crippen molar-refractivity contribution in [2.45, 2.75) is 5.33 Å². The van der Waals surface area contributed by atoms with Crippen LogP contribution in [0, 0.1) is 0 Å². The summed E-state index contributed by atoms with van der Waals surface area (Å²) < 4.78 is 7.22. The Labute approximate surface area is 59.1 Å². The van der Waals surface area contributed by atoms with Crippen LogP contribution in [0.4, 0.5) is 0 Å². The maximum atomic E-state index is 7.22. The topological polar surface area (TPSA) is 0 Å². The zero-order valence-electron chi connectivity index (χ0n) is 5.39. The van der Waals surface area contributed by atoms with Crippen molar-refractivity contribution >= 4 is 15.9 Å². The average Bonchev–Trinajstić information content (AvgIpc) is 1.88. The minimum absolute atomic E-state index is 0.576. The molecule has 0 aliphatic rings. The fraction of sp³-hybridized carbons (Fsp3) is 0.143. The van der Waals surface area contributed by atoms with Gasteiger partial charge in [0.25, 0.3) is 0 Å². The molecule has 0 aliphatic carbocycles. The van der Waals surface area contributed by atoms with Crippen LogP contribution >= 0.6 is 15.9 Å². The van der Waals surface area contributed by atoms with Gasteiger partial charge in [-0.05, 0) is 5.56 Å². The summed E-state index contributed by atoms with van der Waals surface area (Å²) in [6.07, 6.45) is 0. The second-order valence-corrected chi connectivity index (χ2v) is 2.11. The molecule has 0 bridgehead atoms. The Balaban J connectivity index is 2.94. The molecule has 0 spiro atoms. The fourth-order valence-electron chi connectivity index (χ4n) is 0.514. The van der Waals surface area contributed by atoms with E-state index in [1.165, 1.54) is 0 Å². The normalized spacial score (nSPS) is 10.9. The lowest BCUT2D eigenvalue weighted by Crippen LogP contribution is -1.70. The monoisotopic (exact) mass is 172 g/mol. The van der Waals surface area contributed by atoms with Gasteiger partial charge in [-0.2, -0.15) is 0 Å². The van der Waals surface area contributed by atoms with Crippen LogP contribution in [-0.4, -0.2) is 0 Å². The smallest absolute Gasteiger partial charge is 0.0623 e. The van der Waals surface area contributed by atoms with Crippen LogP contribution < -0.4 is 0 Å². The van der Waals surface area contributed by atoms with Crippen LogP contribution in [0.1, 0.15) is 6.93 Å². The van der Waals surface area contributed by atoms with E-state index < -0.39 is 0 Å². The molecule has 0 aromatic heterocycles. The molecule has 1 rings (SSSR count). The summed E-state index contributed by atoms with van der Waals surface area (Å²) in [7, 11) is 0. The van der Waals surface area contributed by atoms with Crippen molar-refractivity contribution < 1.29 is 1.37 Å². The van der Waals surface area contributed by atoms with Crippen molar-refractivity contribution in [3.8, 4) is 0 Å². The van der Waals surface area contributed by atoms with E-state index in [1.54, 1.807) is 6.07 Å². The van der Waals surface area contributed by atoms with Gasteiger partial charge in [-0.1, -0.05) is 46.2 Å². The standard InChI is InChI=1S/C7H7Br/c8-6-7-4-2-1-3-5-7/h1-5H,6H2/i2T. The Hall–Kier alpha value is -0.300. The first kappa shape index (κ1) is 4.57. The molecular formula is C7H7Br. The third-order valence-corrected chi connectivity index (χ3v) is 1.57. The fourth-order valence-corrected chi connectivity index (χ4v) is 0.862. The number of hydrogen-bond acceptors (Lipinski definition) is 0. The SMILES string of the molecule is [3H]c1cccc(CBr)c1. The molecule has 1 heteroatoms. The Morgan fingerprint density at radius 3 is 2.88 bits per heavy atom. The number of halogens is 1. The molecule has 1 aromatic rings. The molecule has 0 nitrogen and oxygen atoms in total. The van der Waals surface area contributed by atoms with Gasteiger partial charge in [0.15, 0.2) is 0 Å². The molecule has 0 amide bonds. The predicted octanol–water partition coefficient (Wildman–Crippen LogP) is 2.58. The van der Waals surface area contributed by atoms with Crippen molar-refractivity contribution in [1.29, 1.82) is 0 Å². The summed E-state index contributed by atoms with van der Waals surface area (Å²) >= 11 is 3.31. The van der Waals surface area contributed by atoms with Gasteiger partial charge in [-0.3, -0.25) is 0 Å². The first-order valence-corrected chi connectivity index (χ1v) is 3.56. The van der Waals surface area contributed by atoms with Gasteiger partial charge in [0.1, 0.15) is 0 Å². The highest BCUT2D eigenvalue weighted by molar-refractivity contribution is 9.08. The molecule has 0 saturated carbocycles. The van der Waals surface area contributed by atoms with E-state index in [9.17, 15) is 0 Å². The molecule has 0 heterocycles. The van der Waals surface area contributed by atoms with Gasteiger partial charge >= 0.3 is 0 Å². The summed E-state index contributed by atoms with van der Waals surface area (Å²) in [5.41, 5.74) is 1.16. The quantitative estimate of drug-likeness (QED) is 0.572. The lowest BCUT2D eigenvalue weighted by Gasteiger charge is -1.88. The maximum absolute atomic E-state index is 7.22. The van der Waals surface area contributed by atoms with Crippen molar-refractivity contribution in [2.75, 3.05) is 0 Å². The van der Waals surface area contributed by atoms with Gasteiger partial charge in [-0.15, -0.1) is 0 Å². The van der Waals surface area contributed by atoms with Crippen LogP contribution in [0.25, 0.3) is 0 Å². The zero-order chi connectivity index (χ0) is 6.69. The minimum atomic E-state index is 0.576. The van der Waals surface area contributed by atoms with Gasteiger partial charge in [0, 0.05) is 5.33 Å². The molecule has 0 saturated heterocycles. The number of alkyl halides is 1. The Morgan fingerprint density at radius 2 is 2.38 bits per heavy atom. The van der Waals surface area contributed by atoms with E-state index >= 15 is 0 Å². The molecule has 0 radical (unpaired) electrons. The van der Waals surface area contributed by atoms with Crippen LogP contribution in [-0.2, 0) is 5.33 Å². The molecule has 42 valence electrons. The molecule has 0 unspecified atom stereocenters. The highest BCUT2D eigenvalue weighted by Crippen LogP contribution is 2.02. The van der Waals surface area contributed by atoms with Gasteiger partial charge in [0.05, 0.1) is 1.37 Å². The number of rotatable bonds is 1. The molecule has 8 heavy (non-hydrogen) atoms. The molecule has 0 aliphatic heterocycles. The Morgan fingerprint density at radius 1 is 1.50 bits per heavy atom. The maximum Gasteiger partial charge on any atom is 0.0623 e. The number of hydrogen-bond donors (Lipinski definition) is 0. The van der Waals surface area contributed by atoms with Crippen LogP contribution in [0.15, 0.2) is 30.3 Å². The van der Waals surface area contributed by atoms with Crippen molar-refractivity contribution in [3.05, 3.63) is 35.9 Å². The van der Waals surface area contributed by atoms with Crippen molar-refractivity contribution in [2.24, 2.45) is 0 Å². The van der Waals surface area contributed by atoms with E-state index in [1.807, 2.05) is 18.2 Å². The third-order valence-electron chi connectivity index (χ3n) is 0.926. The van der Waals surface area contributed by atoms with Crippen LogP contribution in [0.3, 0.4) is 0 Å². The largest absolute Gasteiger partial charge is 0.0876 e. The second kappa shape index (κ2) is 2.88. The molecule has 1 aromatic carbocycles. The lowest BCUT2D eigenvalue weighted by molar-refractivity contribution is 1.44. The Bertz CT molecular complexity index is 198. The highest BCUT2D eigenvalue weighted by Gasteiger charge is 1.81. The third kappa shape index (κ3) is 1.34. The van der Waals surface area contributed by atoms with Gasteiger partial charge < -0.3 is 0 Å². The van der Waals surface area contributed by atoms with Gasteiger partial charge in [-0.25, -0.2) is 0 Å². The summed E-state index contributed by atoms with van der Waals surface area (Å²) in [5, 5.41) is 0.833. The molecule has 0 fully saturated rings. The predicted molar refractivity (Wildman–Crippen MR) is 39.1 cm³/mol. The van der Waals surface area contributed by atoms with Crippen molar-refractivity contribution in [3.63, 3.8) is 0 Å². The highest BCUT2D eigenvalue weighted by atomic mass is 79.9. The molecule has 0 N–H and O–H groups in total. The van der Waals surface area contributed by atoms with E-state index in [2.05, 4.69) is 15.9 Å². The number of benzene rings is 1. The van der Waals surface area contributed by atoms with E-state index in [0.29, 0.717) is 6.04 Å². The summed E-state index contributed by atoms with van der Waals surface area (Å²) in [6, 6.07) is 8.07. The summed E-state index contributed by atoms with van der Waals surface area (Å²) in [5.74, 6) is 0. The first-order valence-electron chi connectivity index (χ1n) is 2.94.